The van der Waals surface area contributed by atoms with Crippen LogP contribution >= 0.6 is 57.9 Å². The predicted octanol–water partition coefficient (Wildman–Crippen LogP) is 4.79. The van der Waals surface area contributed by atoms with Crippen LogP contribution < -0.4 is 0 Å². The summed E-state index contributed by atoms with van der Waals surface area (Å²) < 4.78 is 0.463. The average molecular weight is 312 g/mol. The van der Waals surface area contributed by atoms with Crippen molar-refractivity contribution in [2.45, 2.75) is 10.6 Å². The van der Waals surface area contributed by atoms with E-state index in [1.807, 2.05) is 12.1 Å². The molecule has 0 aliphatic carbocycles. The number of hydrogen-bond acceptors (Lipinski definition) is 4. The van der Waals surface area contributed by atoms with Crippen molar-refractivity contribution in [1.82, 2.24) is 10.2 Å². The van der Waals surface area contributed by atoms with Gasteiger partial charge in [0, 0.05) is 4.90 Å². The third-order valence-electron chi connectivity index (χ3n) is 1.70. The van der Waals surface area contributed by atoms with E-state index in [0.717, 1.165) is 15.7 Å². The molecule has 0 saturated heterocycles. The van der Waals surface area contributed by atoms with Crippen molar-refractivity contribution in [3.8, 4) is 0 Å². The molecular formula is C9H5Cl3N2S2. The monoisotopic (exact) mass is 310 g/mol. The van der Waals surface area contributed by atoms with Gasteiger partial charge in [0.25, 0.3) is 0 Å². The molecule has 0 aliphatic rings. The summed E-state index contributed by atoms with van der Waals surface area (Å²) in [7, 11) is 0. The lowest BCUT2D eigenvalue weighted by molar-refractivity contribution is 1.04. The van der Waals surface area contributed by atoms with Gasteiger partial charge >= 0.3 is 0 Å². The van der Waals surface area contributed by atoms with Gasteiger partial charge in [-0.1, -0.05) is 34.5 Å². The number of benzene rings is 1. The van der Waals surface area contributed by atoms with Crippen LogP contribution in [0.3, 0.4) is 0 Å². The molecule has 1 aromatic heterocycles. The Labute approximate surface area is 116 Å². The quantitative estimate of drug-likeness (QED) is 0.762. The molecule has 0 amide bonds. The van der Waals surface area contributed by atoms with Gasteiger partial charge in [0.2, 0.25) is 4.47 Å². The smallest absolute Gasteiger partial charge is 0.141 e. The molecule has 84 valence electrons. The average Bonchev–Trinajstić information content (AvgIpc) is 2.66. The van der Waals surface area contributed by atoms with Crippen molar-refractivity contribution in [2.24, 2.45) is 0 Å². The molecule has 0 saturated carbocycles. The number of rotatable bonds is 3. The minimum atomic E-state index is 0.463. The van der Waals surface area contributed by atoms with Crippen LogP contribution in [0.4, 0.5) is 0 Å². The van der Waals surface area contributed by atoms with Gasteiger partial charge < -0.3 is 0 Å². The van der Waals surface area contributed by atoms with Gasteiger partial charge in [-0.15, -0.1) is 22.0 Å². The zero-order valence-corrected chi connectivity index (χ0v) is 11.7. The topological polar surface area (TPSA) is 25.8 Å². The van der Waals surface area contributed by atoms with Crippen LogP contribution in [-0.2, 0) is 5.75 Å². The molecule has 0 unspecified atom stereocenters. The lowest BCUT2D eigenvalue weighted by Gasteiger charge is -2.00. The van der Waals surface area contributed by atoms with Gasteiger partial charge in [0.05, 0.1) is 15.8 Å². The third-order valence-corrected chi connectivity index (χ3v) is 4.64. The van der Waals surface area contributed by atoms with Crippen molar-refractivity contribution < 1.29 is 0 Å². The second-order valence-corrected chi connectivity index (χ2v) is 6.32. The molecule has 16 heavy (non-hydrogen) atoms. The number of hydrogen-bond donors (Lipinski definition) is 0. The Bertz CT molecular complexity index is 501. The normalized spacial score (nSPS) is 10.7. The molecule has 2 rings (SSSR count). The molecule has 1 aromatic carbocycles. The summed E-state index contributed by atoms with van der Waals surface area (Å²) in [5, 5.41) is 9.67. The fourth-order valence-corrected chi connectivity index (χ4v) is 3.15. The molecule has 0 fully saturated rings. The number of thioether (sulfide) groups is 1. The lowest BCUT2D eigenvalue weighted by atomic mass is 10.4. The predicted molar refractivity (Wildman–Crippen MR) is 70.9 cm³/mol. The van der Waals surface area contributed by atoms with Crippen molar-refractivity contribution in [2.75, 3.05) is 0 Å². The Kier molecular flexibility index (Phi) is 4.33. The first-order valence-electron chi connectivity index (χ1n) is 4.21. The van der Waals surface area contributed by atoms with E-state index in [4.69, 9.17) is 34.8 Å². The summed E-state index contributed by atoms with van der Waals surface area (Å²) in [4.78, 5) is 1.04. The minimum Gasteiger partial charge on any atom is -0.141 e. The van der Waals surface area contributed by atoms with Crippen LogP contribution in [0.5, 0.6) is 0 Å². The molecule has 2 aromatic rings. The van der Waals surface area contributed by atoms with Gasteiger partial charge in [-0.2, -0.15) is 0 Å². The second kappa shape index (κ2) is 5.56. The van der Waals surface area contributed by atoms with Gasteiger partial charge in [-0.3, -0.25) is 0 Å². The SMILES string of the molecule is Clc1nnc(CSc2ccc(Cl)c(Cl)c2)s1. The highest BCUT2D eigenvalue weighted by molar-refractivity contribution is 7.98. The first kappa shape index (κ1) is 12.5. The van der Waals surface area contributed by atoms with E-state index in [1.165, 1.54) is 11.3 Å². The maximum absolute atomic E-state index is 5.91. The summed E-state index contributed by atoms with van der Waals surface area (Å²) in [6, 6.07) is 5.53. The van der Waals surface area contributed by atoms with Crippen LogP contribution in [0, 0.1) is 0 Å². The summed E-state index contributed by atoms with van der Waals surface area (Å²) in [6.45, 7) is 0. The van der Waals surface area contributed by atoms with E-state index < -0.39 is 0 Å². The van der Waals surface area contributed by atoms with Crippen LogP contribution in [0.2, 0.25) is 14.5 Å². The molecule has 0 spiro atoms. The first-order chi connectivity index (χ1) is 7.65. The Morgan fingerprint density at radius 1 is 1.12 bits per heavy atom. The van der Waals surface area contributed by atoms with E-state index >= 15 is 0 Å². The molecule has 1 heterocycles. The van der Waals surface area contributed by atoms with Crippen molar-refractivity contribution >= 4 is 57.9 Å². The fraction of sp³-hybridized carbons (Fsp3) is 0.111. The van der Waals surface area contributed by atoms with E-state index in [9.17, 15) is 0 Å². The number of aromatic nitrogens is 2. The molecule has 0 aliphatic heterocycles. The first-order valence-corrected chi connectivity index (χ1v) is 7.14. The van der Waals surface area contributed by atoms with E-state index in [-0.39, 0.29) is 0 Å². The van der Waals surface area contributed by atoms with Crippen molar-refractivity contribution in [1.29, 1.82) is 0 Å². The van der Waals surface area contributed by atoms with Crippen LogP contribution in [-0.4, -0.2) is 10.2 Å². The minimum absolute atomic E-state index is 0.463. The standard InChI is InChI=1S/C9H5Cl3N2S2/c10-6-2-1-5(3-7(6)11)15-4-8-13-14-9(12)16-8/h1-3H,4H2. The van der Waals surface area contributed by atoms with Crippen LogP contribution in [0.1, 0.15) is 5.01 Å². The largest absolute Gasteiger partial charge is 0.207 e. The van der Waals surface area contributed by atoms with Crippen LogP contribution in [0.25, 0.3) is 0 Å². The van der Waals surface area contributed by atoms with E-state index in [2.05, 4.69) is 10.2 Å². The van der Waals surface area contributed by atoms with Gasteiger partial charge in [-0.25, -0.2) is 0 Å². The molecular weight excluding hydrogens is 307 g/mol. The molecule has 0 atom stereocenters. The summed E-state index contributed by atoms with van der Waals surface area (Å²) >= 11 is 20.4. The Balaban J connectivity index is 2.02. The molecule has 0 bridgehead atoms. The van der Waals surface area contributed by atoms with Crippen molar-refractivity contribution in [3.05, 3.63) is 37.7 Å². The van der Waals surface area contributed by atoms with Crippen molar-refractivity contribution in [3.63, 3.8) is 0 Å². The number of nitrogens with zero attached hydrogens (tertiary/aromatic N) is 2. The third kappa shape index (κ3) is 3.25. The molecule has 0 radical (unpaired) electrons. The zero-order chi connectivity index (χ0) is 11.5. The molecule has 7 heteroatoms. The molecule has 2 nitrogen and oxygen atoms in total. The van der Waals surface area contributed by atoms with Gasteiger partial charge in [0.1, 0.15) is 5.01 Å². The lowest BCUT2D eigenvalue weighted by Crippen LogP contribution is -1.79. The second-order valence-electron chi connectivity index (χ2n) is 2.81. The van der Waals surface area contributed by atoms with Gasteiger partial charge in [-0.05, 0) is 29.8 Å². The highest BCUT2D eigenvalue weighted by Gasteiger charge is 2.04. The van der Waals surface area contributed by atoms with Gasteiger partial charge in [0.15, 0.2) is 0 Å². The van der Waals surface area contributed by atoms with Crippen LogP contribution in [0.15, 0.2) is 23.1 Å². The highest BCUT2D eigenvalue weighted by atomic mass is 35.5. The Hall–Kier alpha value is -0.0000000000000000833. The Morgan fingerprint density at radius 2 is 1.94 bits per heavy atom. The molecule has 0 N–H and O–H groups in total. The fourth-order valence-electron chi connectivity index (χ4n) is 1.00. The maximum Gasteiger partial charge on any atom is 0.207 e. The maximum atomic E-state index is 5.91. The summed E-state index contributed by atoms with van der Waals surface area (Å²) in [6.07, 6.45) is 0. The zero-order valence-electron chi connectivity index (χ0n) is 7.78. The van der Waals surface area contributed by atoms with E-state index in [0.29, 0.717) is 14.5 Å². The highest BCUT2D eigenvalue weighted by Crippen LogP contribution is 2.30. The summed E-state index contributed by atoms with van der Waals surface area (Å²) in [5.74, 6) is 0.725. The van der Waals surface area contributed by atoms with E-state index in [1.54, 1.807) is 17.8 Å². The summed E-state index contributed by atoms with van der Waals surface area (Å²) in [5.41, 5.74) is 0. The number of halogens is 3. The Morgan fingerprint density at radius 3 is 2.56 bits per heavy atom.